The average Bonchev–Trinajstić information content (AvgIpc) is 4.11. The van der Waals surface area contributed by atoms with Gasteiger partial charge in [0.1, 0.15) is 11.5 Å². The molecule has 1 atom stereocenters. The van der Waals surface area contributed by atoms with E-state index in [-0.39, 0.29) is 72.8 Å². The van der Waals surface area contributed by atoms with Crippen molar-refractivity contribution >= 4 is 52.3 Å². The van der Waals surface area contributed by atoms with Crippen LogP contribution in [0.1, 0.15) is 133 Å². The van der Waals surface area contributed by atoms with Crippen molar-refractivity contribution in [2.24, 2.45) is 5.92 Å². The summed E-state index contributed by atoms with van der Waals surface area (Å²) in [6.45, 7) is 2.50. The zero-order valence-electron chi connectivity index (χ0n) is 39.9. The number of hydrogen-bond acceptors (Lipinski definition) is 10. The number of halogens is 1. The Labute approximate surface area is 412 Å². The monoisotopic (exact) mass is 976 g/mol. The number of nitrogens with one attached hydrogen (secondary N) is 4. The Kier molecular flexibility index (Phi) is 15.6. The highest BCUT2D eigenvalue weighted by Gasteiger charge is 2.55. The predicted octanol–water partition coefficient (Wildman–Crippen LogP) is 6.22. The summed E-state index contributed by atoms with van der Waals surface area (Å²) in [5.74, 6) is -0.699. The second-order valence-electron chi connectivity index (χ2n) is 20.0. The first-order valence-electron chi connectivity index (χ1n) is 25.3. The Balaban J connectivity index is 0.000000943. The maximum Gasteiger partial charge on any atom is 0.272 e. The van der Waals surface area contributed by atoms with Crippen LogP contribution >= 0.6 is 11.9 Å². The Bertz CT molecular complexity index is 2610. The van der Waals surface area contributed by atoms with Crippen LogP contribution in [0.2, 0.25) is 0 Å². The molecule has 17 heteroatoms. The van der Waals surface area contributed by atoms with Gasteiger partial charge in [-0.1, -0.05) is 74.9 Å². The van der Waals surface area contributed by atoms with Crippen LogP contribution in [-0.4, -0.2) is 124 Å². The number of ether oxygens (including phenoxy) is 1. The van der Waals surface area contributed by atoms with E-state index in [0.29, 0.717) is 59.4 Å². The Morgan fingerprint density at radius 2 is 1.49 bits per heavy atom. The van der Waals surface area contributed by atoms with Crippen LogP contribution in [0, 0.1) is 11.7 Å². The molecule has 15 nitrogen and oxygen atoms in total. The first-order chi connectivity index (χ1) is 34.0. The molecule has 6 fully saturated rings. The first kappa shape index (κ1) is 49.3. The molecule has 1 unspecified atom stereocenters. The fraction of sp³-hybridized carbons (Fsp3) is 0.528. The first-order valence-corrected chi connectivity index (χ1v) is 26.3. The van der Waals surface area contributed by atoms with E-state index in [2.05, 4.69) is 25.6 Å². The summed E-state index contributed by atoms with van der Waals surface area (Å²) in [4.78, 5) is 82.8. The van der Waals surface area contributed by atoms with Crippen LogP contribution in [-0.2, 0) is 25.5 Å². The van der Waals surface area contributed by atoms with Crippen LogP contribution in [0.25, 0.3) is 10.8 Å². The van der Waals surface area contributed by atoms with Gasteiger partial charge in [-0.2, -0.15) is 5.10 Å². The van der Waals surface area contributed by atoms with Gasteiger partial charge in [0.2, 0.25) is 17.7 Å². The van der Waals surface area contributed by atoms with Gasteiger partial charge in [-0.05, 0) is 105 Å². The van der Waals surface area contributed by atoms with Crippen molar-refractivity contribution < 1.29 is 33.1 Å². The largest absolute Gasteiger partial charge is 0.353 e. The van der Waals surface area contributed by atoms with E-state index in [9.17, 15) is 28.8 Å². The van der Waals surface area contributed by atoms with Crippen molar-refractivity contribution in [3.8, 4) is 0 Å². The van der Waals surface area contributed by atoms with Gasteiger partial charge < -0.3 is 24.8 Å². The number of carbonyl (C=O) groups is 5. The van der Waals surface area contributed by atoms with E-state index in [0.717, 1.165) is 63.5 Å². The van der Waals surface area contributed by atoms with Crippen LogP contribution < -0.4 is 20.9 Å². The molecule has 2 saturated carbocycles. The van der Waals surface area contributed by atoms with E-state index in [1.165, 1.54) is 62.6 Å². The number of benzene rings is 3. The molecule has 4 saturated heterocycles. The van der Waals surface area contributed by atoms with Gasteiger partial charge in [-0.15, -0.1) is 0 Å². The highest BCUT2D eigenvalue weighted by Crippen LogP contribution is 2.50. The van der Waals surface area contributed by atoms with E-state index in [4.69, 9.17) is 4.74 Å². The van der Waals surface area contributed by atoms with E-state index < -0.39 is 23.1 Å². The van der Waals surface area contributed by atoms with Crippen molar-refractivity contribution in [1.82, 2.24) is 40.3 Å². The van der Waals surface area contributed by atoms with Gasteiger partial charge in [0, 0.05) is 74.2 Å². The van der Waals surface area contributed by atoms with Gasteiger partial charge in [-0.25, -0.2) is 9.49 Å². The van der Waals surface area contributed by atoms with Crippen molar-refractivity contribution in [2.75, 3.05) is 58.1 Å². The molecule has 2 bridgehead atoms. The van der Waals surface area contributed by atoms with E-state index in [1.807, 2.05) is 35.2 Å². The van der Waals surface area contributed by atoms with Crippen molar-refractivity contribution in [3.05, 3.63) is 111 Å². The van der Waals surface area contributed by atoms with Gasteiger partial charge in [0.25, 0.3) is 17.4 Å². The third-order valence-corrected chi connectivity index (χ3v) is 16.0. The molecule has 4 aliphatic heterocycles. The molecule has 1 aromatic heterocycles. The van der Waals surface area contributed by atoms with Crippen molar-refractivity contribution in [2.45, 2.75) is 114 Å². The molecule has 5 heterocycles. The Morgan fingerprint density at radius 1 is 0.771 bits per heavy atom. The quantitative estimate of drug-likeness (QED) is 0.106. The number of likely N-dealkylation sites (tertiary alicyclic amines) is 1. The highest BCUT2D eigenvalue weighted by atomic mass is 32.2. The summed E-state index contributed by atoms with van der Waals surface area (Å²) in [7, 11) is 0. The number of nitrogens with zero attached hydrogens (tertiary/aromatic N) is 4. The number of rotatable bonds is 14. The number of piperazine rings is 1. The third kappa shape index (κ3) is 11.9. The molecule has 6 aliphatic rings. The SMILES string of the molecule is C1CCCCC1.O=C(CNC(=O)c1cccc(C2CCCN(C(=O)C3CC3)C2)c1)NSCC12CCC(NCC(=O)N3CCN(C(=O)c4cc(Cc5n[nH]c(=O)c6ccccc56)ccc4F)CC3)(CC1)O2. The minimum atomic E-state index is -0.636. The third-order valence-electron chi connectivity index (χ3n) is 15.0. The van der Waals surface area contributed by atoms with Crippen LogP contribution in [0.5, 0.6) is 0 Å². The topological polar surface area (TPSA) is 186 Å². The van der Waals surface area contributed by atoms with Crippen molar-refractivity contribution in [1.29, 1.82) is 0 Å². The van der Waals surface area contributed by atoms with Gasteiger partial charge in [0.15, 0.2) is 0 Å². The van der Waals surface area contributed by atoms with Gasteiger partial charge >= 0.3 is 0 Å². The number of amides is 5. The molecule has 5 amide bonds. The number of H-pyrrole nitrogens is 1. The summed E-state index contributed by atoms with van der Waals surface area (Å²) in [6.07, 6.45) is 16.2. The number of aromatic amines is 1. The zero-order chi connectivity index (χ0) is 48.7. The Morgan fingerprint density at radius 3 is 2.21 bits per heavy atom. The molecule has 70 heavy (non-hydrogen) atoms. The molecule has 0 spiro atoms. The standard InChI is InChI=1S/C47H53FN8O7S.C6H12/c48-38-13-10-30(24-39-35-8-1-2-9-36(35)43(60)52-51-39)23-37(38)45(62)55-21-19-54(20-22-55)41(58)27-50-47-16-14-46(63-47,15-17-47)29-64-53-40(57)26-49-42(59)33-6-3-5-32(25-33)34-7-4-18-56(28-34)44(61)31-11-12-31;1-2-4-6-5-3-1/h1-3,5-6,8-10,13,23,25,31,34,50H,4,7,11-12,14-22,24,26-29H2,(H,49,59)(H,52,60)(H,53,57);1-6H2. The second kappa shape index (κ2) is 22.2. The average molecular weight is 977 g/mol. The normalized spacial score (nSPS) is 23.1. The number of aromatic nitrogens is 2. The molecular formula is C53H65FN8O7S. The minimum Gasteiger partial charge on any atom is -0.353 e. The summed E-state index contributed by atoms with van der Waals surface area (Å²) in [6, 6.07) is 19.0. The summed E-state index contributed by atoms with van der Waals surface area (Å²) in [5, 5.41) is 14.0. The Hall–Kier alpha value is -5.65. The smallest absolute Gasteiger partial charge is 0.272 e. The highest BCUT2D eigenvalue weighted by molar-refractivity contribution is 7.98. The fourth-order valence-electron chi connectivity index (χ4n) is 10.7. The predicted molar refractivity (Wildman–Crippen MR) is 265 cm³/mol. The van der Waals surface area contributed by atoms with Crippen LogP contribution in [0.3, 0.4) is 0 Å². The summed E-state index contributed by atoms with van der Waals surface area (Å²) >= 11 is 1.25. The molecule has 2 aliphatic carbocycles. The molecule has 4 N–H and O–H groups in total. The lowest BCUT2D eigenvalue weighted by molar-refractivity contribution is -0.134. The maximum absolute atomic E-state index is 15.0. The molecule has 0 radical (unpaired) electrons. The maximum atomic E-state index is 15.0. The van der Waals surface area contributed by atoms with Crippen LogP contribution in [0.4, 0.5) is 4.39 Å². The molecule has 3 aromatic carbocycles. The van der Waals surface area contributed by atoms with E-state index in [1.54, 1.807) is 34.1 Å². The summed E-state index contributed by atoms with van der Waals surface area (Å²) in [5.41, 5.74) is 1.36. The van der Waals surface area contributed by atoms with Crippen molar-refractivity contribution in [3.63, 3.8) is 0 Å². The number of fused-ring (bicyclic) bond motifs is 3. The van der Waals surface area contributed by atoms with Gasteiger partial charge in [-0.3, -0.25) is 38.8 Å². The second-order valence-corrected chi connectivity index (χ2v) is 20.8. The van der Waals surface area contributed by atoms with E-state index >= 15 is 4.39 Å². The lowest BCUT2D eigenvalue weighted by Crippen LogP contribution is -2.54. The minimum absolute atomic E-state index is 0.0532. The number of carbonyl (C=O) groups excluding carboxylic acids is 5. The molecular weight excluding hydrogens is 912 g/mol. The lowest BCUT2D eigenvalue weighted by atomic mass is 9.87. The van der Waals surface area contributed by atoms with Gasteiger partial charge in [0.05, 0.1) is 35.3 Å². The fourth-order valence-corrected chi connectivity index (χ4v) is 11.6. The number of hydrogen-bond donors (Lipinski definition) is 4. The molecule has 4 aromatic rings. The molecule has 10 rings (SSSR count). The van der Waals surface area contributed by atoms with Crippen LogP contribution in [0.15, 0.2) is 71.5 Å². The zero-order valence-corrected chi connectivity index (χ0v) is 40.7. The number of piperidine rings is 1. The summed E-state index contributed by atoms with van der Waals surface area (Å²) < 4.78 is 24.4. The molecule has 372 valence electrons. The lowest BCUT2D eigenvalue weighted by Gasteiger charge is -2.36.